The molecular formula is C32H30ClFN6O. The summed E-state index contributed by atoms with van der Waals surface area (Å²) in [5.41, 5.74) is 6.65. The third-order valence-corrected chi connectivity index (χ3v) is 7.99. The van der Waals surface area contributed by atoms with Crippen LogP contribution in [-0.2, 0) is 13.2 Å². The van der Waals surface area contributed by atoms with Gasteiger partial charge in [0.05, 0.1) is 18.0 Å². The lowest BCUT2D eigenvalue weighted by molar-refractivity contribution is 0.0707. The first-order valence-corrected chi connectivity index (χ1v) is 14.1. The van der Waals surface area contributed by atoms with Crippen molar-refractivity contribution < 1.29 is 9.18 Å². The highest BCUT2D eigenvalue weighted by Crippen LogP contribution is 2.34. The molecule has 7 nitrogen and oxygen atoms in total. The summed E-state index contributed by atoms with van der Waals surface area (Å²) in [5, 5.41) is 7.12. The highest BCUT2D eigenvalue weighted by Gasteiger charge is 2.24. The van der Waals surface area contributed by atoms with Crippen molar-refractivity contribution >= 4 is 34.9 Å². The van der Waals surface area contributed by atoms with Gasteiger partial charge in [-0.3, -0.25) is 9.79 Å². The van der Waals surface area contributed by atoms with Gasteiger partial charge in [-0.05, 0) is 61.9 Å². The minimum absolute atomic E-state index is 0.0489. The van der Waals surface area contributed by atoms with Crippen molar-refractivity contribution in [2.45, 2.75) is 32.1 Å². The monoisotopic (exact) mass is 568 g/mol. The van der Waals surface area contributed by atoms with E-state index in [0.29, 0.717) is 40.4 Å². The molecule has 41 heavy (non-hydrogen) atoms. The summed E-state index contributed by atoms with van der Waals surface area (Å²) >= 11 is 6.42. The summed E-state index contributed by atoms with van der Waals surface area (Å²) < 4.78 is 13.9. The third-order valence-electron chi connectivity index (χ3n) is 7.76. The Bertz CT molecular complexity index is 1620. The fraction of sp³-hybridized carbons (Fsp3) is 0.250. The quantitative estimate of drug-likeness (QED) is 0.290. The van der Waals surface area contributed by atoms with Crippen LogP contribution in [0.2, 0.25) is 5.02 Å². The Morgan fingerprint density at radius 1 is 1.02 bits per heavy atom. The van der Waals surface area contributed by atoms with E-state index in [0.717, 1.165) is 59.6 Å². The molecule has 2 N–H and O–H groups in total. The summed E-state index contributed by atoms with van der Waals surface area (Å²) in [6.07, 6.45) is 3.69. The number of aliphatic imine (C=N–C) groups is 1. The van der Waals surface area contributed by atoms with Gasteiger partial charge in [-0.15, -0.1) is 0 Å². The molecule has 0 atom stereocenters. The fourth-order valence-corrected chi connectivity index (χ4v) is 5.63. The maximum Gasteiger partial charge on any atom is 0.253 e. The molecule has 2 aliphatic heterocycles. The highest BCUT2D eigenvalue weighted by molar-refractivity contribution is 6.31. The number of benzene rings is 3. The van der Waals surface area contributed by atoms with Gasteiger partial charge in [-0.2, -0.15) is 0 Å². The minimum Gasteiger partial charge on any atom is -0.339 e. The molecule has 9 heteroatoms. The van der Waals surface area contributed by atoms with E-state index in [2.05, 4.69) is 15.6 Å². The number of piperidine rings is 1. The number of nitrogens with zero attached hydrogens (tertiary/aromatic N) is 4. The Kier molecular flexibility index (Phi) is 7.76. The van der Waals surface area contributed by atoms with E-state index >= 15 is 0 Å². The van der Waals surface area contributed by atoms with Gasteiger partial charge in [-0.1, -0.05) is 41.9 Å². The lowest BCUT2D eigenvalue weighted by Gasteiger charge is -2.31. The number of amides is 1. The van der Waals surface area contributed by atoms with Crippen molar-refractivity contribution in [1.29, 1.82) is 0 Å². The van der Waals surface area contributed by atoms with E-state index < -0.39 is 6.67 Å². The molecule has 0 bridgehead atoms. The first-order chi connectivity index (χ1) is 20.0. The molecule has 4 aromatic rings. The number of hydrogen-bond donors (Lipinski definition) is 2. The van der Waals surface area contributed by atoms with Crippen LogP contribution in [-0.4, -0.2) is 52.7 Å². The molecular weight excluding hydrogens is 539 g/mol. The number of alkyl halides is 1. The van der Waals surface area contributed by atoms with E-state index in [-0.39, 0.29) is 5.91 Å². The number of hydrogen-bond acceptors (Lipinski definition) is 6. The Hall–Kier alpha value is -4.14. The first kappa shape index (κ1) is 27.1. The van der Waals surface area contributed by atoms with Crippen LogP contribution in [0.15, 0.2) is 77.9 Å². The van der Waals surface area contributed by atoms with Crippen LogP contribution in [0.5, 0.6) is 0 Å². The number of likely N-dealkylation sites (tertiary alicyclic amines) is 1. The molecule has 1 saturated heterocycles. The van der Waals surface area contributed by atoms with Gasteiger partial charge in [0.15, 0.2) is 0 Å². The van der Waals surface area contributed by atoms with Gasteiger partial charge < -0.3 is 15.5 Å². The van der Waals surface area contributed by atoms with E-state index in [1.54, 1.807) is 12.3 Å². The second-order valence-electron chi connectivity index (χ2n) is 10.3. The molecule has 1 amide bonds. The number of aromatic nitrogens is 2. The number of rotatable bonds is 6. The van der Waals surface area contributed by atoms with Crippen LogP contribution in [0.25, 0.3) is 11.3 Å². The van der Waals surface area contributed by atoms with Gasteiger partial charge >= 0.3 is 0 Å². The van der Waals surface area contributed by atoms with Crippen molar-refractivity contribution in [3.8, 4) is 11.3 Å². The fourth-order valence-electron chi connectivity index (χ4n) is 5.46. The summed E-state index contributed by atoms with van der Waals surface area (Å²) in [4.78, 5) is 29.2. The summed E-state index contributed by atoms with van der Waals surface area (Å²) in [7, 11) is 1.97. The highest BCUT2D eigenvalue weighted by atomic mass is 35.5. The molecule has 6 rings (SSSR count). The lowest BCUT2D eigenvalue weighted by atomic mass is 9.93. The molecule has 1 aromatic heterocycles. The number of halogens is 2. The summed E-state index contributed by atoms with van der Waals surface area (Å²) in [6, 6.07) is 20.8. The molecule has 0 aliphatic carbocycles. The topological polar surface area (TPSA) is 82.5 Å². The van der Waals surface area contributed by atoms with Crippen molar-refractivity contribution in [1.82, 2.24) is 20.2 Å². The van der Waals surface area contributed by atoms with Gasteiger partial charge in [0, 0.05) is 63.9 Å². The number of anilines is 2. The van der Waals surface area contributed by atoms with Crippen LogP contribution in [0.3, 0.4) is 0 Å². The first-order valence-electron chi connectivity index (χ1n) is 13.7. The average Bonchev–Trinajstić information content (AvgIpc) is 3.17. The standard InChI is InChI=1S/C32H30ClFN6O/c1-35-24-12-14-40(15-13-24)31(41)20-6-9-25(10-7-20)38-32-37-19-22-18-36-30(26-5-3-2-4-21(26)17-34)28-16-23(33)8-11-27(28)29(22)39-32/h2-11,16,19,24,35H,12-15,17-18H2,1H3,(H,37,38,39). The number of carbonyl (C=O) groups is 1. The van der Waals surface area contributed by atoms with Crippen LogP contribution >= 0.6 is 11.6 Å². The van der Waals surface area contributed by atoms with Crippen molar-refractivity contribution in [2.75, 3.05) is 25.5 Å². The molecule has 0 saturated carbocycles. The van der Waals surface area contributed by atoms with Gasteiger partial charge in [0.1, 0.15) is 6.67 Å². The predicted octanol–water partition coefficient (Wildman–Crippen LogP) is 6.19. The SMILES string of the molecule is CNC1CCN(C(=O)c2ccc(Nc3ncc4c(n3)-c3ccc(Cl)cc3C(c3ccccc3CF)=NC4)cc2)CC1. The zero-order valence-electron chi connectivity index (χ0n) is 22.7. The van der Waals surface area contributed by atoms with Crippen molar-refractivity contribution in [3.63, 3.8) is 0 Å². The van der Waals surface area contributed by atoms with Crippen molar-refractivity contribution in [2.24, 2.45) is 4.99 Å². The molecule has 2 aliphatic rings. The molecule has 1 fully saturated rings. The molecule has 0 unspecified atom stereocenters. The molecule has 0 spiro atoms. The van der Waals surface area contributed by atoms with Crippen LogP contribution in [0.1, 0.15) is 45.5 Å². The second kappa shape index (κ2) is 11.8. The zero-order valence-corrected chi connectivity index (χ0v) is 23.5. The number of nitrogens with one attached hydrogen (secondary N) is 2. The Balaban J connectivity index is 1.26. The predicted molar refractivity (Wildman–Crippen MR) is 161 cm³/mol. The minimum atomic E-state index is -0.592. The number of carbonyl (C=O) groups excluding carboxylic acids is 1. The van der Waals surface area contributed by atoms with E-state index in [9.17, 15) is 9.18 Å². The van der Waals surface area contributed by atoms with Crippen LogP contribution < -0.4 is 10.6 Å². The average molecular weight is 569 g/mol. The van der Waals surface area contributed by atoms with Crippen LogP contribution in [0, 0.1) is 0 Å². The lowest BCUT2D eigenvalue weighted by Crippen LogP contribution is -2.43. The molecule has 3 heterocycles. The van der Waals surface area contributed by atoms with E-state index in [4.69, 9.17) is 21.6 Å². The Labute approximate surface area is 243 Å². The van der Waals surface area contributed by atoms with E-state index in [1.807, 2.05) is 72.6 Å². The zero-order chi connectivity index (χ0) is 28.3. The second-order valence-corrected chi connectivity index (χ2v) is 10.7. The molecule has 3 aromatic carbocycles. The summed E-state index contributed by atoms with van der Waals surface area (Å²) in [6.45, 7) is 1.26. The van der Waals surface area contributed by atoms with Crippen LogP contribution in [0.4, 0.5) is 16.0 Å². The maximum atomic E-state index is 13.9. The maximum absolute atomic E-state index is 13.9. The molecule has 208 valence electrons. The molecule has 0 radical (unpaired) electrons. The summed E-state index contributed by atoms with van der Waals surface area (Å²) in [5.74, 6) is 0.471. The Morgan fingerprint density at radius 2 is 1.80 bits per heavy atom. The number of fused-ring (bicyclic) bond motifs is 3. The van der Waals surface area contributed by atoms with Gasteiger partial charge in [0.2, 0.25) is 5.95 Å². The normalized spacial score (nSPS) is 15.0. The smallest absolute Gasteiger partial charge is 0.253 e. The largest absolute Gasteiger partial charge is 0.339 e. The third kappa shape index (κ3) is 5.58. The van der Waals surface area contributed by atoms with Gasteiger partial charge in [-0.25, -0.2) is 14.4 Å². The van der Waals surface area contributed by atoms with E-state index in [1.165, 1.54) is 0 Å². The van der Waals surface area contributed by atoms with Gasteiger partial charge in [0.25, 0.3) is 5.91 Å². The van der Waals surface area contributed by atoms with Crippen molar-refractivity contribution in [3.05, 3.63) is 106 Å². The Morgan fingerprint density at radius 3 is 2.56 bits per heavy atom.